The standard InChI is InChI=1S/C23H20N2O3/c26-20(15-25-23(27)22-9-5-4-8-19(22)14-24-25)16-28-21-12-10-18(11-13-21)17-6-2-1-3-7-17/h1-14,20,26H,15-16H2. The predicted octanol–water partition coefficient (Wildman–Crippen LogP) is 3.50. The van der Waals surface area contributed by atoms with E-state index in [1.54, 1.807) is 12.3 Å². The van der Waals surface area contributed by atoms with Gasteiger partial charge in [-0.2, -0.15) is 5.10 Å². The summed E-state index contributed by atoms with van der Waals surface area (Å²) in [6.07, 6.45) is 0.784. The molecule has 0 radical (unpaired) electrons. The Morgan fingerprint density at radius 1 is 0.893 bits per heavy atom. The first kappa shape index (κ1) is 17.9. The lowest BCUT2D eigenvalue weighted by atomic mass is 10.1. The molecule has 0 fully saturated rings. The fourth-order valence-corrected chi connectivity index (χ4v) is 3.08. The molecule has 0 aliphatic rings. The molecule has 28 heavy (non-hydrogen) atoms. The third kappa shape index (κ3) is 3.94. The van der Waals surface area contributed by atoms with E-state index < -0.39 is 6.10 Å². The molecule has 4 aromatic rings. The molecule has 4 rings (SSSR count). The Hall–Kier alpha value is -3.44. The van der Waals surface area contributed by atoms with Crippen molar-refractivity contribution < 1.29 is 9.84 Å². The Morgan fingerprint density at radius 3 is 2.36 bits per heavy atom. The first-order valence-corrected chi connectivity index (χ1v) is 9.12. The van der Waals surface area contributed by atoms with Crippen molar-refractivity contribution in [2.24, 2.45) is 0 Å². The van der Waals surface area contributed by atoms with Gasteiger partial charge in [0.2, 0.25) is 0 Å². The van der Waals surface area contributed by atoms with Gasteiger partial charge in [-0.25, -0.2) is 4.68 Å². The summed E-state index contributed by atoms with van der Waals surface area (Å²) in [5, 5.41) is 15.8. The summed E-state index contributed by atoms with van der Waals surface area (Å²) < 4.78 is 6.94. The molecule has 0 aliphatic heterocycles. The molecule has 1 heterocycles. The molecule has 0 saturated heterocycles. The molecule has 1 unspecified atom stereocenters. The third-order valence-electron chi connectivity index (χ3n) is 4.55. The molecule has 0 amide bonds. The zero-order valence-corrected chi connectivity index (χ0v) is 15.2. The van der Waals surface area contributed by atoms with Crippen LogP contribution in [0.5, 0.6) is 5.75 Å². The summed E-state index contributed by atoms with van der Waals surface area (Å²) in [4.78, 5) is 12.5. The summed E-state index contributed by atoms with van der Waals surface area (Å²) >= 11 is 0. The van der Waals surface area contributed by atoms with Crippen LogP contribution in [-0.4, -0.2) is 27.6 Å². The van der Waals surface area contributed by atoms with Crippen molar-refractivity contribution in [1.82, 2.24) is 9.78 Å². The minimum Gasteiger partial charge on any atom is -0.491 e. The number of aliphatic hydroxyl groups is 1. The third-order valence-corrected chi connectivity index (χ3v) is 4.55. The topological polar surface area (TPSA) is 64.4 Å². The van der Waals surface area contributed by atoms with Gasteiger partial charge in [0, 0.05) is 5.39 Å². The largest absolute Gasteiger partial charge is 0.491 e. The number of hydrogen-bond donors (Lipinski definition) is 1. The van der Waals surface area contributed by atoms with Gasteiger partial charge in [-0.15, -0.1) is 0 Å². The normalized spacial score (nSPS) is 12.0. The quantitative estimate of drug-likeness (QED) is 0.563. The minimum atomic E-state index is -0.847. The van der Waals surface area contributed by atoms with Crippen LogP contribution in [0.1, 0.15) is 0 Å². The second-order valence-corrected chi connectivity index (χ2v) is 6.57. The second-order valence-electron chi connectivity index (χ2n) is 6.57. The van der Waals surface area contributed by atoms with Crippen LogP contribution >= 0.6 is 0 Å². The number of aromatic nitrogens is 2. The van der Waals surface area contributed by atoms with Gasteiger partial charge < -0.3 is 9.84 Å². The number of nitrogens with zero attached hydrogens (tertiary/aromatic N) is 2. The van der Waals surface area contributed by atoms with E-state index in [-0.39, 0.29) is 18.7 Å². The summed E-state index contributed by atoms with van der Waals surface area (Å²) in [5.74, 6) is 0.664. The molecule has 0 saturated carbocycles. The van der Waals surface area contributed by atoms with Crippen molar-refractivity contribution in [3.05, 3.63) is 95.4 Å². The van der Waals surface area contributed by atoms with Gasteiger partial charge in [0.15, 0.2) is 0 Å². The van der Waals surface area contributed by atoms with Crippen LogP contribution in [0.25, 0.3) is 21.9 Å². The first-order chi connectivity index (χ1) is 13.7. The Bertz CT molecular complexity index is 1120. The SMILES string of the molecule is O=c1c2ccccc2cnn1CC(O)COc1ccc(-c2ccccc2)cc1. The zero-order chi connectivity index (χ0) is 19.3. The Labute approximate surface area is 162 Å². The number of rotatable bonds is 6. The van der Waals surface area contributed by atoms with E-state index in [1.165, 1.54) is 4.68 Å². The maximum atomic E-state index is 12.5. The molecule has 1 N–H and O–H groups in total. The van der Waals surface area contributed by atoms with Gasteiger partial charge in [-0.05, 0) is 29.3 Å². The molecule has 0 spiro atoms. The average Bonchev–Trinajstić information content (AvgIpc) is 2.75. The molecular weight excluding hydrogens is 352 g/mol. The van der Waals surface area contributed by atoms with Crippen molar-refractivity contribution in [3.8, 4) is 16.9 Å². The lowest BCUT2D eigenvalue weighted by Gasteiger charge is -2.14. The second kappa shape index (κ2) is 8.06. The van der Waals surface area contributed by atoms with Gasteiger partial charge in [0.25, 0.3) is 5.56 Å². The van der Waals surface area contributed by atoms with E-state index in [1.807, 2.05) is 72.8 Å². The highest BCUT2D eigenvalue weighted by molar-refractivity contribution is 5.80. The predicted molar refractivity (Wildman–Crippen MR) is 109 cm³/mol. The highest BCUT2D eigenvalue weighted by atomic mass is 16.5. The van der Waals surface area contributed by atoms with Crippen molar-refractivity contribution in [2.45, 2.75) is 12.6 Å². The smallest absolute Gasteiger partial charge is 0.274 e. The molecule has 140 valence electrons. The van der Waals surface area contributed by atoms with Crippen LogP contribution in [-0.2, 0) is 6.54 Å². The molecule has 1 aromatic heterocycles. The van der Waals surface area contributed by atoms with Crippen molar-refractivity contribution in [3.63, 3.8) is 0 Å². The molecule has 5 nitrogen and oxygen atoms in total. The summed E-state index contributed by atoms with van der Waals surface area (Å²) in [7, 11) is 0. The lowest BCUT2D eigenvalue weighted by molar-refractivity contribution is 0.0881. The number of aliphatic hydroxyl groups excluding tert-OH is 1. The Kier molecular flexibility index (Phi) is 5.17. The number of benzene rings is 3. The van der Waals surface area contributed by atoms with Gasteiger partial charge in [-0.3, -0.25) is 4.79 Å². The van der Waals surface area contributed by atoms with E-state index in [2.05, 4.69) is 5.10 Å². The summed E-state index contributed by atoms with van der Waals surface area (Å²) in [6, 6.07) is 25.0. The highest BCUT2D eigenvalue weighted by Gasteiger charge is 2.10. The minimum absolute atomic E-state index is 0.0750. The number of fused-ring (bicyclic) bond motifs is 1. The van der Waals surface area contributed by atoms with Gasteiger partial charge in [-0.1, -0.05) is 60.7 Å². The van der Waals surface area contributed by atoms with Gasteiger partial charge in [0.05, 0.1) is 18.1 Å². The molecular formula is C23H20N2O3. The van der Waals surface area contributed by atoms with Crippen LogP contribution in [0.2, 0.25) is 0 Å². The van der Waals surface area contributed by atoms with Crippen LogP contribution in [0.4, 0.5) is 0 Å². The molecule has 5 heteroatoms. The van der Waals surface area contributed by atoms with E-state index in [0.717, 1.165) is 16.5 Å². The fraction of sp³-hybridized carbons (Fsp3) is 0.130. The van der Waals surface area contributed by atoms with Gasteiger partial charge >= 0.3 is 0 Å². The molecule has 3 aromatic carbocycles. The van der Waals surface area contributed by atoms with Crippen molar-refractivity contribution in [2.75, 3.05) is 6.61 Å². The molecule has 0 bridgehead atoms. The lowest BCUT2D eigenvalue weighted by Crippen LogP contribution is -2.31. The van der Waals surface area contributed by atoms with Crippen LogP contribution in [0, 0.1) is 0 Å². The number of hydrogen-bond acceptors (Lipinski definition) is 4. The number of ether oxygens (including phenoxy) is 1. The fourth-order valence-electron chi connectivity index (χ4n) is 3.08. The zero-order valence-electron chi connectivity index (χ0n) is 15.2. The molecule has 0 aliphatic carbocycles. The first-order valence-electron chi connectivity index (χ1n) is 9.12. The van der Waals surface area contributed by atoms with E-state index in [4.69, 9.17) is 4.74 Å². The maximum absolute atomic E-state index is 12.5. The maximum Gasteiger partial charge on any atom is 0.274 e. The van der Waals surface area contributed by atoms with E-state index >= 15 is 0 Å². The average molecular weight is 372 g/mol. The summed E-state index contributed by atoms with van der Waals surface area (Å²) in [6.45, 7) is 0.150. The Morgan fingerprint density at radius 2 is 1.57 bits per heavy atom. The van der Waals surface area contributed by atoms with Crippen molar-refractivity contribution >= 4 is 10.8 Å². The Balaban J connectivity index is 1.39. The van der Waals surface area contributed by atoms with Crippen LogP contribution in [0.3, 0.4) is 0 Å². The van der Waals surface area contributed by atoms with Gasteiger partial charge in [0.1, 0.15) is 18.5 Å². The highest BCUT2D eigenvalue weighted by Crippen LogP contribution is 2.22. The van der Waals surface area contributed by atoms with E-state index in [9.17, 15) is 9.90 Å². The monoisotopic (exact) mass is 372 g/mol. The molecule has 1 atom stereocenters. The van der Waals surface area contributed by atoms with Crippen molar-refractivity contribution in [1.29, 1.82) is 0 Å². The van der Waals surface area contributed by atoms with Crippen LogP contribution in [0.15, 0.2) is 89.9 Å². The summed E-state index contributed by atoms with van der Waals surface area (Å²) in [5.41, 5.74) is 2.01. The van der Waals surface area contributed by atoms with E-state index in [0.29, 0.717) is 11.1 Å². The van der Waals surface area contributed by atoms with Crippen LogP contribution < -0.4 is 10.3 Å².